The Morgan fingerprint density at radius 2 is 0.615 bits per heavy atom. The largest absolute Gasteiger partial charge is 2.00 e. The van der Waals surface area contributed by atoms with Crippen LogP contribution < -0.4 is 0 Å². The van der Waals surface area contributed by atoms with E-state index in [2.05, 4.69) is 0 Å². The molecule has 1 radical (unpaired) electrons. The summed E-state index contributed by atoms with van der Waals surface area (Å²) in [5.74, 6) is -1.42. The van der Waals surface area contributed by atoms with Gasteiger partial charge in [0.2, 0.25) is 23.1 Å². The fraction of sp³-hybridized carbons (Fsp3) is 0. The molecule has 189 valence electrons. The van der Waals surface area contributed by atoms with Gasteiger partial charge in [-0.3, -0.25) is 19.2 Å². The average Bonchev–Trinajstić information content (AvgIpc) is 3.38. The number of rotatable bonds is 2. The molecule has 6 nitrogen and oxygen atoms in total. The van der Waals surface area contributed by atoms with E-state index < -0.39 is 0 Å². The zero-order chi connectivity index (χ0) is 26.8. The van der Waals surface area contributed by atoms with E-state index in [0.717, 1.165) is 0 Å². The Morgan fingerprint density at radius 1 is 0.385 bits per heavy atom. The van der Waals surface area contributed by atoms with Crippen LogP contribution in [-0.4, -0.2) is 33.3 Å². The predicted octanol–water partition coefficient (Wildman–Crippen LogP) is 4.40. The van der Waals surface area contributed by atoms with Crippen molar-refractivity contribution in [3.05, 3.63) is 154 Å². The summed E-state index contributed by atoms with van der Waals surface area (Å²) < 4.78 is 0. The average molecular weight is 557 g/mol. The molecular formula is C32H22MnO6+4. The first-order chi connectivity index (χ1) is 18.4. The van der Waals surface area contributed by atoms with Crippen molar-refractivity contribution in [1.29, 1.82) is 0 Å². The topological polar surface area (TPSA) is 114 Å². The zero-order valence-corrected chi connectivity index (χ0v) is 21.6. The van der Waals surface area contributed by atoms with Crippen LogP contribution in [-0.2, 0) is 17.1 Å². The second-order valence-electron chi connectivity index (χ2n) is 8.64. The Balaban J connectivity index is 0.000000176. The molecule has 0 heterocycles. The number of fused-ring (bicyclic) bond motifs is 2. The molecule has 0 aromatic heterocycles. The van der Waals surface area contributed by atoms with Crippen molar-refractivity contribution in [2.75, 3.05) is 0 Å². The van der Waals surface area contributed by atoms with E-state index >= 15 is 0 Å². The third-order valence-electron chi connectivity index (χ3n) is 6.37. The second-order valence-corrected chi connectivity index (χ2v) is 8.64. The maximum Gasteiger partial charge on any atom is 2.00 e. The number of hydrogen-bond acceptors (Lipinski definition) is 4. The number of carbonyl (C=O) groups excluding carboxylic acids is 4. The van der Waals surface area contributed by atoms with Gasteiger partial charge in [0.15, 0.2) is 11.1 Å². The molecule has 4 N–H and O–H groups in total. The minimum atomic E-state index is -0.352. The first-order valence-electron chi connectivity index (χ1n) is 11.8. The van der Waals surface area contributed by atoms with Crippen molar-refractivity contribution in [2.45, 2.75) is 0 Å². The second kappa shape index (κ2) is 11.3. The van der Waals surface area contributed by atoms with Crippen molar-refractivity contribution in [3.63, 3.8) is 0 Å². The van der Waals surface area contributed by atoms with Gasteiger partial charge in [0, 0.05) is 22.3 Å². The Hall–Kier alpha value is -4.84. The van der Waals surface area contributed by atoms with Gasteiger partial charge in [-0.05, 0) is 24.3 Å². The van der Waals surface area contributed by atoms with Gasteiger partial charge in [-0.1, -0.05) is 84.9 Å². The summed E-state index contributed by atoms with van der Waals surface area (Å²) >= 11 is 0. The van der Waals surface area contributed by atoms with Crippen molar-refractivity contribution < 1.29 is 46.5 Å². The predicted molar refractivity (Wildman–Crippen MR) is 144 cm³/mol. The number of benzene rings is 4. The van der Waals surface area contributed by atoms with E-state index in [0.29, 0.717) is 33.4 Å². The number of allylic oxidation sites excluding steroid dienone is 2. The van der Waals surface area contributed by atoms with Crippen LogP contribution in [0.4, 0.5) is 0 Å². The Kier molecular flexibility index (Phi) is 7.86. The van der Waals surface area contributed by atoms with Crippen LogP contribution in [0.15, 0.2) is 120 Å². The van der Waals surface area contributed by atoms with E-state index in [1.54, 1.807) is 97.1 Å². The van der Waals surface area contributed by atoms with Crippen LogP contribution in [0.25, 0.3) is 11.5 Å². The maximum absolute atomic E-state index is 12.2. The van der Waals surface area contributed by atoms with Crippen LogP contribution in [0.3, 0.4) is 0 Å². The van der Waals surface area contributed by atoms with E-state index in [1.165, 1.54) is 0 Å². The smallest absolute Gasteiger partial charge is 0.592 e. The molecule has 2 aliphatic rings. The molecule has 4 aromatic carbocycles. The third kappa shape index (κ3) is 4.89. The Morgan fingerprint density at radius 3 is 0.872 bits per heavy atom. The van der Waals surface area contributed by atoms with Gasteiger partial charge >= 0.3 is 17.1 Å². The summed E-state index contributed by atoms with van der Waals surface area (Å²) in [5, 5.41) is 16.2. The van der Waals surface area contributed by atoms with Crippen LogP contribution in [0.5, 0.6) is 0 Å². The first-order valence-corrected chi connectivity index (χ1v) is 11.8. The normalized spacial score (nSPS) is 13.2. The minimum absolute atomic E-state index is 0. The summed E-state index contributed by atoms with van der Waals surface area (Å²) in [5.41, 5.74) is 2.65. The molecular weight excluding hydrogens is 535 g/mol. The van der Waals surface area contributed by atoms with Crippen molar-refractivity contribution in [1.82, 2.24) is 0 Å². The maximum atomic E-state index is 12.2. The van der Waals surface area contributed by atoms with Gasteiger partial charge in [-0.2, -0.15) is 0 Å². The molecule has 0 atom stereocenters. The summed E-state index contributed by atoms with van der Waals surface area (Å²) in [7, 11) is 0. The molecule has 6 rings (SSSR count). The molecule has 7 heteroatoms. The van der Waals surface area contributed by atoms with Crippen LogP contribution in [0.2, 0.25) is 0 Å². The molecule has 0 spiro atoms. The fourth-order valence-electron chi connectivity index (χ4n) is 4.46. The summed E-state index contributed by atoms with van der Waals surface area (Å²) in [6, 6.07) is 31.0. The van der Waals surface area contributed by atoms with Crippen LogP contribution >= 0.6 is 0 Å². The number of hydrogen-bond donors (Lipinski definition) is 0. The molecule has 0 amide bonds. The van der Waals surface area contributed by atoms with Crippen LogP contribution in [0.1, 0.15) is 52.6 Å². The molecule has 0 saturated carbocycles. The molecule has 0 saturated heterocycles. The monoisotopic (exact) mass is 557 g/mol. The van der Waals surface area contributed by atoms with Gasteiger partial charge < -0.3 is 10.2 Å². The summed E-state index contributed by atoms with van der Waals surface area (Å²) in [6.07, 6.45) is 0. The van der Waals surface area contributed by atoms with Gasteiger partial charge in [-0.15, -0.1) is 0 Å². The standard InChI is InChI=1S/2C16H10O3.Mn/c2*17-14(10-6-2-1-3-7-10)13-15(18)11-8-4-5-9-12(11)16(13)19;/h2*1-9,17H;/q;;+2/p+2. The molecule has 0 aliphatic heterocycles. The molecule has 2 aliphatic carbocycles. The number of ketones is 4. The molecule has 0 unspecified atom stereocenters. The zero-order valence-electron chi connectivity index (χ0n) is 20.4. The molecule has 0 bridgehead atoms. The van der Waals surface area contributed by atoms with E-state index in [-0.39, 0.29) is 62.9 Å². The summed E-state index contributed by atoms with van der Waals surface area (Å²) in [4.78, 5) is 48.9. The van der Waals surface area contributed by atoms with Gasteiger partial charge in [0.25, 0.3) is 11.5 Å². The van der Waals surface area contributed by atoms with Gasteiger partial charge in [0.05, 0.1) is 11.1 Å². The van der Waals surface area contributed by atoms with Crippen molar-refractivity contribution in [2.24, 2.45) is 0 Å². The van der Waals surface area contributed by atoms with Crippen LogP contribution in [0, 0.1) is 0 Å². The first kappa shape index (κ1) is 27.2. The third-order valence-corrected chi connectivity index (χ3v) is 6.37. The molecule has 4 aromatic rings. The van der Waals surface area contributed by atoms with E-state index in [9.17, 15) is 19.2 Å². The SMILES string of the molecule is O=C1C(=C([OH2+])c2ccccc2)C(=O)c2ccccc21.O=C1C(=C([OH2+])c2ccccc2)C(=O)c2ccccc21.[Mn+2]. The quantitative estimate of drug-likeness (QED) is 0.120. The molecule has 39 heavy (non-hydrogen) atoms. The van der Waals surface area contributed by atoms with E-state index in [4.69, 9.17) is 10.2 Å². The fourth-order valence-corrected chi connectivity index (χ4v) is 4.46. The van der Waals surface area contributed by atoms with Crippen molar-refractivity contribution in [3.8, 4) is 0 Å². The Bertz CT molecular complexity index is 1480. The van der Waals surface area contributed by atoms with E-state index in [1.807, 2.05) is 12.1 Å². The van der Waals surface area contributed by atoms with Crippen molar-refractivity contribution >= 4 is 34.7 Å². The molecule has 0 fully saturated rings. The number of carbonyl (C=O) groups is 4. The minimum Gasteiger partial charge on any atom is -0.592 e. The van der Waals surface area contributed by atoms with Gasteiger partial charge in [-0.25, -0.2) is 0 Å². The Labute approximate surface area is 234 Å². The van der Waals surface area contributed by atoms with Gasteiger partial charge in [0.1, 0.15) is 0 Å². The summed E-state index contributed by atoms with van der Waals surface area (Å²) in [6.45, 7) is 0. The number of Topliss-reactive ketones (excluding diaryl/α,β-unsaturated/α-hetero) is 4.